The van der Waals surface area contributed by atoms with Crippen molar-refractivity contribution in [3.63, 3.8) is 0 Å². The van der Waals surface area contributed by atoms with Crippen LogP contribution in [0.2, 0.25) is 0 Å². The van der Waals surface area contributed by atoms with Crippen LogP contribution in [0.15, 0.2) is 90.2 Å². The number of amides is 1. The van der Waals surface area contributed by atoms with Gasteiger partial charge >= 0.3 is 10.1 Å². The third kappa shape index (κ3) is 6.01. The standard InChI is InChI=1S/C26H23N3O5S/c1-18-5-6-19(2)24(16-18)35(31,32)34-22-9-7-21(8-10-22)26(30)29-25-23(4-3-13-28-25)33-17-20-11-14-27-15-12-20/h3-16H,17H2,1-2H3,(H,28,29,30). The zero-order chi connectivity index (χ0) is 24.8. The van der Waals surface area contributed by atoms with E-state index in [2.05, 4.69) is 15.3 Å². The Morgan fingerprint density at radius 3 is 2.43 bits per heavy atom. The molecule has 0 bridgehead atoms. The van der Waals surface area contributed by atoms with Crippen LogP contribution in [0.1, 0.15) is 27.0 Å². The van der Waals surface area contributed by atoms with Crippen LogP contribution >= 0.6 is 0 Å². The average Bonchev–Trinajstić information content (AvgIpc) is 2.85. The van der Waals surface area contributed by atoms with Gasteiger partial charge in [-0.2, -0.15) is 8.42 Å². The number of benzene rings is 2. The molecule has 0 fully saturated rings. The van der Waals surface area contributed by atoms with Gasteiger partial charge in [0, 0.05) is 24.2 Å². The highest BCUT2D eigenvalue weighted by Crippen LogP contribution is 2.25. The molecule has 1 amide bonds. The molecule has 8 nitrogen and oxygen atoms in total. The lowest BCUT2D eigenvalue weighted by Gasteiger charge is -2.12. The molecule has 9 heteroatoms. The van der Waals surface area contributed by atoms with Crippen LogP contribution in [0, 0.1) is 13.8 Å². The van der Waals surface area contributed by atoms with Gasteiger partial charge in [-0.3, -0.25) is 9.78 Å². The number of carbonyl (C=O) groups excluding carboxylic acids is 1. The van der Waals surface area contributed by atoms with Crippen molar-refractivity contribution in [1.29, 1.82) is 0 Å². The van der Waals surface area contributed by atoms with Gasteiger partial charge in [0.15, 0.2) is 11.6 Å². The molecule has 35 heavy (non-hydrogen) atoms. The zero-order valence-corrected chi connectivity index (χ0v) is 20.0. The Hall–Kier alpha value is -4.24. The number of aryl methyl sites for hydroxylation is 2. The minimum absolute atomic E-state index is 0.0988. The molecule has 0 spiro atoms. The lowest BCUT2D eigenvalue weighted by Crippen LogP contribution is -2.14. The van der Waals surface area contributed by atoms with Crippen LogP contribution in [0.25, 0.3) is 0 Å². The molecule has 1 N–H and O–H groups in total. The fourth-order valence-corrected chi connectivity index (χ4v) is 4.48. The minimum Gasteiger partial charge on any atom is -0.485 e. The lowest BCUT2D eigenvalue weighted by atomic mass is 10.2. The van der Waals surface area contributed by atoms with E-state index in [9.17, 15) is 13.2 Å². The molecule has 0 aliphatic rings. The van der Waals surface area contributed by atoms with E-state index in [0.29, 0.717) is 16.9 Å². The highest BCUT2D eigenvalue weighted by atomic mass is 32.2. The van der Waals surface area contributed by atoms with Gasteiger partial charge in [-0.05, 0) is 85.1 Å². The van der Waals surface area contributed by atoms with Gasteiger partial charge in [-0.25, -0.2) is 4.98 Å². The van der Waals surface area contributed by atoms with E-state index in [0.717, 1.165) is 11.1 Å². The van der Waals surface area contributed by atoms with Gasteiger partial charge in [-0.1, -0.05) is 12.1 Å². The summed E-state index contributed by atoms with van der Waals surface area (Å²) in [5, 5.41) is 2.72. The first-order chi connectivity index (χ1) is 16.8. The highest BCUT2D eigenvalue weighted by molar-refractivity contribution is 7.87. The molecule has 4 rings (SSSR count). The third-order valence-corrected chi connectivity index (χ3v) is 6.47. The Kier molecular flexibility index (Phi) is 7.07. The fourth-order valence-electron chi connectivity index (χ4n) is 3.23. The quantitative estimate of drug-likeness (QED) is 0.358. The molecule has 2 aromatic carbocycles. The van der Waals surface area contributed by atoms with Gasteiger partial charge in [-0.15, -0.1) is 0 Å². The first-order valence-electron chi connectivity index (χ1n) is 10.7. The fraction of sp³-hybridized carbons (Fsp3) is 0.115. The van der Waals surface area contributed by atoms with Crippen LogP contribution in [0.5, 0.6) is 11.5 Å². The van der Waals surface area contributed by atoms with Gasteiger partial charge in [0.05, 0.1) is 0 Å². The Morgan fingerprint density at radius 2 is 1.69 bits per heavy atom. The summed E-state index contributed by atoms with van der Waals surface area (Å²) in [5.74, 6) is 0.352. The molecule has 0 saturated carbocycles. The second-order valence-corrected chi connectivity index (χ2v) is 9.29. The predicted molar refractivity (Wildman–Crippen MR) is 131 cm³/mol. The van der Waals surface area contributed by atoms with Crippen LogP contribution in [0.4, 0.5) is 5.82 Å². The smallest absolute Gasteiger partial charge is 0.339 e. The molecule has 4 aromatic rings. The van der Waals surface area contributed by atoms with E-state index in [1.807, 2.05) is 25.1 Å². The van der Waals surface area contributed by atoms with Crippen molar-refractivity contribution in [2.75, 3.05) is 5.32 Å². The summed E-state index contributed by atoms with van der Waals surface area (Å²) >= 11 is 0. The summed E-state index contributed by atoms with van der Waals surface area (Å²) in [4.78, 5) is 21.0. The van der Waals surface area contributed by atoms with Crippen LogP contribution < -0.4 is 14.2 Å². The van der Waals surface area contributed by atoms with Crippen LogP contribution in [0.3, 0.4) is 0 Å². The Bertz CT molecular complexity index is 1440. The molecular formula is C26H23N3O5S. The number of anilines is 1. The number of nitrogens with zero attached hydrogens (tertiary/aromatic N) is 2. The zero-order valence-electron chi connectivity index (χ0n) is 19.1. The summed E-state index contributed by atoms with van der Waals surface area (Å²) < 4.78 is 36.5. The van der Waals surface area contributed by atoms with Crippen molar-refractivity contribution in [3.05, 3.63) is 108 Å². The second kappa shape index (κ2) is 10.4. The number of hydrogen-bond acceptors (Lipinski definition) is 7. The monoisotopic (exact) mass is 489 g/mol. The Balaban J connectivity index is 1.44. The summed E-state index contributed by atoms with van der Waals surface area (Å²) in [6.45, 7) is 3.80. The maximum atomic E-state index is 12.8. The van der Waals surface area contributed by atoms with Crippen molar-refractivity contribution >= 4 is 21.8 Å². The minimum atomic E-state index is -4.01. The van der Waals surface area contributed by atoms with Crippen molar-refractivity contribution in [3.8, 4) is 11.5 Å². The van der Waals surface area contributed by atoms with Crippen molar-refractivity contribution in [2.24, 2.45) is 0 Å². The molecule has 2 heterocycles. The number of rotatable bonds is 8. The maximum absolute atomic E-state index is 12.8. The summed E-state index contributed by atoms with van der Waals surface area (Å²) in [7, 11) is -4.01. The molecule has 178 valence electrons. The third-order valence-electron chi connectivity index (χ3n) is 5.08. The van der Waals surface area contributed by atoms with Gasteiger partial charge in [0.1, 0.15) is 17.3 Å². The van der Waals surface area contributed by atoms with Crippen LogP contribution in [-0.2, 0) is 16.7 Å². The second-order valence-electron chi connectivity index (χ2n) is 7.78. The van der Waals surface area contributed by atoms with Crippen molar-refractivity contribution in [2.45, 2.75) is 25.3 Å². The van der Waals surface area contributed by atoms with Crippen LogP contribution in [-0.4, -0.2) is 24.3 Å². The van der Waals surface area contributed by atoms with E-state index in [1.54, 1.807) is 49.8 Å². The molecule has 0 atom stereocenters. The molecule has 2 aromatic heterocycles. The summed E-state index contributed by atoms with van der Waals surface area (Å²) in [6.07, 6.45) is 4.89. The van der Waals surface area contributed by atoms with E-state index >= 15 is 0 Å². The Labute approximate surface area is 203 Å². The summed E-state index contributed by atoms with van der Waals surface area (Å²) in [6, 6.07) is 18.0. The van der Waals surface area contributed by atoms with E-state index in [1.165, 1.54) is 24.3 Å². The van der Waals surface area contributed by atoms with Crippen molar-refractivity contribution in [1.82, 2.24) is 9.97 Å². The van der Waals surface area contributed by atoms with Gasteiger partial charge in [0.25, 0.3) is 5.91 Å². The van der Waals surface area contributed by atoms with Gasteiger partial charge < -0.3 is 14.2 Å². The van der Waals surface area contributed by atoms with Crippen molar-refractivity contribution < 1.29 is 22.1 Å². The first kappa shape index (κ1) is 23.9. The topological polar surface area (TPSA) is 107 Å². The molecule has 0 saturated heterocycles. The average molecular weight is 490 g/mol. The largest absolute Gasteiger partial charge is 0.485 e. The van der Waals surface area contributed by atoms with E-state index < -0.39 is 16.0 Å². The summed E-state index contributed by atoms with van der Waals surface area (Å²) in [5.41, 5.74) is 2.62. The highest BCUT2D eigenvalue weighted by Gasteiger charge is 2.20. The maximum Gasteiger partial charge on any atom is 0.339 e. The first-order valence-corrected chi connectivity index (χ1v) is 12.1. The van der Waals surface area contributed by atoms with E-state index in [-0.39, 0.29) is 23.1 Å². The molecule has 0 aliphatic carbocycles. The van der Waals surface area contributed by atoms with Gasteiger partial charge in [0.2, 0.25) is 0 Å². The molecule has 0 radical (unpaired) electrons. The number of ether oxygens (including phenoxy) is 1. The number of hydrogen-bond donors (Lipinski definition) is 1. The number of carbonyl (C=O) groups is 1. The lowest BCUT2D eigenvalue weighted by molar-refractivity contribution is 0.102. The molecule has 0 aliphatic heterocycles. The SMILES string of the molecule is Cc1ccc(C)c(S(=O)(=O)Oc2ccc(C(=O)Nc3ncccc3OCc3ccncc3)cc2)c1. The number of aromatic nitrogens is 2. The normalized spacial score (nSPS) is 11.0. The Morgan fingerprint density at radius 1 is 0.943 bits per heavy atom. The predicted octanol–water partition coefficient (Wildman–Crippen LogP) is 4.69. The molecule has 0 unspecified atom stereocenters. The van der Waals surface area contributed by atoms with E-state index in [4.69, 9.17) is 8.92 Å². The molecular weight excluding hydrogens is 466 g/mol. The number of nitrogens with one attached hydrogen (secondary N) is 1. The number of pyridine rings is 2.